The van der Waals surface area contributed by atoms with Gasteiger partial charge in [-0.2, -0.15) is 5.10 Å². The quantitative estimate of drug-likeness (QED) is 0.856. The van der Waals surface area contributed by atoms with E-state index in [9.17, 15) is 9.59 Å². The van der Waals surface area contributed by atoms with Crippen molar-refractivity contribution < 1.29 is 14.3 Å². The molecule has 0 bridgehead atoms. The molecule has 0 unspecified atom stereocenters. The summed E-state index contributed by atoms with van der Waals surface area (Å²) in [5, 5.41) is 4.06. The van der Waals surface area contributed by atoms with Gasteiger partial charge in [0.25, 0.3) is 5.91 Å². The molecule has 1 fully saturated rings. The molecule has 0 atom stereocenters. The van der Waals surface area contributed by atoms with Crippen LogP contribution in [0.15, 0.2) is 12.4 Å². The van der Waals surface area contributed by atoms with Crippen LogP contribution >= 0.6 is 0 Å². The standard InChI is InChI=1S/C12H18N4O3/c1-12(2,3)19-11(18)15-6-9(7-15)16-5-8(4-14-16)10(13)17/h4-5,9H,6-7H2,1-3H3,(H2,13,17). The van der Waals surface area contributed by atoms with Gasteiger partial charge in [-0.1, -0.05) is 0 Å². The summed E-state index contributed by atoms with van der Waals surface area (Å²) >= 11 is 0. The molecule has 2 heterocycles. The second kappa shape index (κ2) is 4.56. The summed E-state index contributed by atoms with van der Waals surface area (Å²) < 4.78 is 6.91. The molecular weight excluding hydrogens is 248 g/mol. The number of aromatic nitrogens is 2. The van der Waals surface area contributed by atoms with E-state index in [1.165, 1.54) is 6.20 Å². The van der Waals surface area contributed by atoms with Gasteiger partial charge in [-0.25, -0.2) is 4.79 Å². The molecule has 0 spiro atoms. The van der Waals surface area contributed by atoms with Gasteiger partial charge in [0, 0.05) is 19.3 Å². The minimum Gasteiger partial charge on any atom is -0.444 e. The van der Waals surface area contributed by atoms with E-state index < -0.39 is 11.5 Å². The van der Waals surface area contributed by atoms with Crippen molar-refractivity contribution in [1.29, 1.82) is 0 Å². The zero-order valence-electron chi connectivity index (χ0n) is 11.3. The predicted molar refractivity (Wildman–Crippen MR) is 67.6 cm³/mol. The molecule has 2 N–H and O–H groups in total. The van der Waals surface area contributed by atoms with Crippen molar-refractivity contribution in [1.82, 2.24) is 14.7 Å². The summed E-state index contributed by atoms with van der Waals surface area (Å²) in [4.78, 5) is 24.3. The van der Waals surface area contributed by atoms with Crippen LogP contribution in [0.1, 0.15) is 37.2 Å². The van der Waals surface area contributed by atoms with Gasteiger partial charge in [0.05, 0.1) is 17.8 Å². The van der Waals surface area contributed by atoms with Crippen LogP contribution in [0.25, 0.3) is 0 Å². The summed E-state index contributed by atoms with van der Waals surface area (Å²) in [6, 6.07) is 0.0700. The summed E-state index contributed by atoms with van der Waals surface area (Å²) in [6.07, 6.45) is 2.70. The highest BCUT2D eigenvalue weighted by atomic mass is 16.6. The molecule has 1 aliphatic heterocycles. The van der Waals surface area contributed by atoms with E-state index in [1.54, 1.807) is 15.8 Å². The van der Waals surface area contributed by atoms with Crippen LogP contribution in [-0.2, 0) is 4.74 Å². The van der Waals surface area contributed by atoms with Crippen molar-refractivity contribution in [2.45, 2.75) is 32.4 Å². The lowest BCUT2D eigenvalue weighted by atomic mass is 10.1. The average molecular weight is 266 g/mol. The number of nitrogens with two attached hydrogens (primary N) is 1. The average Bonchev–Trinajstić information content (AvgIpc) is 2.61. The summed E-state index contributed by atoms with van der Waals surface area (Å²) in [6.45, 7) is 6.53. The Bertz CT molecular complexity index is 497. The first-order chi connectivity index (χ1) is 8.76. The maximum atomic E-state index is 11.7. The third-order valence-corrected chi connectivity index (χ3v) is 2.77. The van der Waals surface area contributed by atoms with E-state index in [-0.39, 0.29) is 12.1 Å². The Labute approximate surface area is 111 Å². The van der Waals surface area contributed by atoms with Gasteiger partial charge in [-0.3, -0.25) is 9.48 Å². The molecule has 7 nitrogen and oxygen atoms in total. The Hall–Kier alpha value is -2.05. The van der Waals surface area contributed by atoms with Crippen LogP contribution in [0.4, 0.5) is 4.79 Å². The van der Waals surface area contributed by atoms with Crippen LogP contribution in [0.2, 0.25) is 0 Å². The number of ether oxygens (including phenoxy) is 1. The molecule has 2 amide bonds. The first kappa shape index (κ1) is 13.4. The molecule has 104 valence electrons. The van der Waals surface area contributed by atoms with Gasteiger partial charge in [0.2, 0.25) is 0 Å². The van der Waals surface area contributed by atoms with E-state index >= 15 is 0 Å². The Morgan fingerprint density at radius 3 is 2.53 bits per heavy atom. The summed E-state index contributed by atoms with van der Waals surface area (Å²) in [5.74, 6) is -0.505. The number of amides is 2. The van der Waals surface area contributed by atoms with Gasteiger partial charge < -0.3 is 15.4 Å². The largest absolute Gasteiger partial charge is 0.444 e. The first-order valence-corrected chi connectivity index (χ1v) is 6.08. The van der Waals surface area contributed by atoms with Crippen molar-refractivity contribution in [3.8, 4) is 0 Å². The van der Waals surface area contributed by atoms with Crippen LogP contribution in [0.3, 0.4) is 0 Å². The van der Waals surface area contributed by atoms with Crippen molar-refractivity contribution in [3.05, 3.63) is 18.0 Å². The number of carbonyl (C=O) groups excluding carboxylic acids is 2. The second-order valence-corrected chi connectivity index (χ2v) is 5.61. The van der Waals surface area contributed by atoms with Gasteiger partial charge in [-0.05, 0) is 20.8 Å². The minimum absolute atomic E-state index is 0.0700. The number of likely N-dealkylation sites (tertiary alicyclic amines) is 1. The number of rotatable bonds is 2. The minimum atomic E-state index is -0.505. The monoisotopic (exact) mass is 266 g/mol. The molecule has 19 heavy (non-hydrogen) atoms. The van der Waals surface area contributed by atoms with E-state index in [0.717, 1.165) is 0 Å². The Kier molecular flexibility index (Phi) is 3.21. The fraction of sp³-hybridized carbons (Fsp3) is 0.583. The molecule has 1 aliphatic rings. The lowest BCUT2D eigenvalue weighted by molar-refractivity contribution is -0.000412. The predicted octanol–water partition coefficient (Wildman–Crippen LogP) is 0.774. The van der Waals surface area contributed by atoms with Crippen LogP contribution in [0.5, 0.6) is 0 Å². The highest BCUT2D eigenvalue weighted by Gasteiger charge is 2.35. The second-order valence-electron chi connectivity index (χ2n) is 5.61. The van der Waals surface area contributed by atoms with Crippen LogP contribution in [-0.4, -0.2) is 45.4 Å². The van der Waals surface area contributed by atoms with Gasteiger partial charge in [0.15, 0.2) is 0 Å². The molecule has 1 aromatic rings. The molecular formula is C12H18N4O3. The van der Waals surface area contributed by atoms with Crippen molar-refractivity contribution in [2.24, 2.45) is 5.73 Å². The Morgan fingerprint density at radius 1 is 1.42 bits per heavy atom. The van der Waals surface area contributed by atoms with Gasteiger partial charge >= 0.3 is 6.09 Å². The maximum Gasteiger partial charge on any atom is 0.410 e. The highest BCUT2D eigenvalue weighted by Crippen LogP contribution is 2.23. The molecule has 7 heteroatoms. The molecule has 0 aliphatic carbocycles. The highest BCUT2D eigenvalue weighted by molar-refractivity contribution is 5.92. The van der Waals surface area contributed by atoms with Crippen LogP contribution in [0, 0.1) is 0 Å². The Balaban J connectivity index is 1.89. The lowest BCUT2D eigenvalue weighted by Gasteiger charge is -2.39. The number of primary amides is 1. The van der Waals surface area contributed by atoms with Crippen LogP contribution < -0.4 is 5.73 Å². The fourth-order valence-corrected chi connectivity index (χ4v) is 1.76. The summed E-state index contributed by atoms with van der Waals surface area (Å²) in [7, 11) is 0. The van der Waals surface area contributed by atoms with Crippen molar-refractivity contribution in [3.63, 3.8) is 0 Å². The normalized spacial score (nSPS) is 16.1. The fourth-order valence-electron chi connectivity index (χ4n) is 1.76. The number of nitrogens with zero attached hydrogens (tertiary/aromatic N) is 3. The molecule has 1 aromatic heterocycles. The SMILES string of the molecule is CC(C)(C)OC(=O)N1CC(n2cc(C(N)=O)cn2)C1. The van der Waals surface area contributed by atoms with E-state index in [1.807, 2.05) is 20.8 Å². The van der Waals surface area contributed by atoms with Gasteiger partial charge in [0.1, 0.15) is 5.60 Å². The van der Waals surface area contributed by atoms with E-state index in [4.69, 9.17) is 10.5 Å². The lowest BCUT2D eigenvalue weighted by Crippen LogP contribution is -2.52. The topological polar surface area (TPSA) is 90.5 Å². The van der Waals surface area contributed by atoms with Crippen molar-refractivity contribution >= 4 is 12.0 Å². The number of carbonyl (C=O) groups is 2. The zero-order valence-corrected chi connectivity index (χ0v) is 11.3. The molecule has 0 radical (unpaired) electrons. The van der Waals surface area contributed by atoms with E-state index in [0.29, 0.717) is 18.7 Å². The number of hydrogen-bond acceptors (Lipinski definition) is 4. The molecule has 1 saturated heterocycles. The maximum absolute atomic E-state index is 11.7. The van der Waals surface area contributed by atoms with Crippen molar-refractivity contribution in [2.75, 3.05) is 13.1 Å². The smallest absolute Gasteiger partial charge is 0.410 e. The molecule has 0 aromatic carbocycles. The summed E-state index contributed by atoms with van der Waals surface area (Å²) in [5.41, 5.74) is 5.03. The zero-order chi connectivity index (χ0) is 14.2. The van der Waals surface area contributed by atoms with Gasteiger partial charge in [-0.15, -0.1) is 0 Å². The molecule has 2 rings (SSSR count). The first-order valence-electron chi connectivity index (χ1n) is 6.08. The third-order valence-electron chi connectivity index (χ3n) is 2.77. The van der Waals surface area contributed by atoms with E-state index in [2.05, 4.69) is 5.10 Å². The third kappa shape index (κ3) is 3.04. The number of hydrogen-bond donors (Lipinski definition) is 1. The Morgan fingerprint density at radius 2 is 2.05 bits per heavy atom. The molecule has 0 saturated carbocycles.